The van der Waals surface area contributed by atoms with E-state index >= 15 is 0 Å². The van der Waals surface area contributed by atoms with Crippen LogP contribution in [0.15, 0.2) is 12.3 Å². The lowest BCUT2D eigenvalue weighted by Crippen LogP contribution is -2.69. The minimum absolute atomic E-state index is 0.0581. The fraction of sp³-hybridized carbons (Fsp3) is 0.600. The highest BCUT2D eigenvalue weighted by Gasteiger charge is 2.57. The van der Waals surface area contributed by atoms with E-state index in [1.165, 1.54) is 9.80 Å². The first kappa shape index (κ1) is 30.5. The Morgan fingerprint density at radius 2 is 1.79 bits per heavy atom. The van der Waals surface area contributed by atoms with Gasteiger partial charge in [-0.05, 0) is 39.2 Å². The molecular formula is C25H27F6N5O4S2. The molecule has 2 aromatic rings. The molecule has 0 bridgehead atoms. The Labute approximate surface area is 241 Å². The normalized spacial score (nSPS) is 22.3. The molecule has 0 radical (unpaired) electrons. The third-order valence-electron chi connectivity index (χ3n) is 7.78. The van der Waals surface area contributed by atoms with Crippen molar-refractivity contribution in [2.45, 2.75) is 57.5 Å². The van der Waals surface area contributed by atoms with E-state index in [4.69, 9.17) is 0 Å². The van der Waals surface area contributed by atoms with E-state index in [1.807, 2.05) is 5.32 Å². The summed E-state index contributed by atoms with van der Waals surface area (Å²) in [5.74, 6) is -2.11. The standard InChI is InChI=1S/C25H27F6N5O4S2/c1-13-5-3-4-6-36(13)21(37)18-19(41-20(34-18)22(38)35-9-23(10-35)11-42(39,40)12-23)15-8-32-17(7-16(15)25(29,30)31)33-14(2)24(26,27)28/h7-8,13-14H,3-6,9-12H2,1-2H3,(H,32,33)/t13-,14?/m0/s1. The van der Waals surface area contributed by atoms with Gasteiger partial charge < -0.3 is 15.1 Å². The molecule has 17 heteroatoms. The molecule has 0 saturated carbocycles. The quantitative estimate of drug-likeness (QED) is 0.481. The number of halogens is 6. The number of rotatable bonds is 5. The highest BCUT2D eigenvalue weighted by atomic mass is 32.2. The van der Waals surface area contributed by atoms with Gasteiger partial charge in [-0.2, -0.15) is 26.3 Å². The summed E-state index contributed by atoms with van der Waals surface area (Å²) in [5, 5.41) is 1.67. The van der Waals surface area contributed by atoms with Crippen molar-refractivity contribution in [1.29, 1.82) is 0 Å². The minimum Gasteiger partial charge on any atom is -0.359 e. The largest absolute Gasteiger partial charge is 0.417 e. The van der Waals surface area contributed by atoms with Gasteiger partial charge in [-0.15, -0.1) is 11.3 Å². The van der Waals surface area contributed by atoms with Crippen molar-refractivity contribution in [2.24, 2.45) is 5.41 Å². The Hall–Kier alpha value is -2.95. The summed E-state index contributed by atoms with van der Waals surface area (Å²) < 4.78 is 105. The van der Waals surface area contributed by atoms with Gasteiger partial charge >= 0.3 is 12.4 Å². The van der Waals surface area contributed by atoms with Crippen LogP contribution in [-0.4, -0.2) is 89.4 Å². The second kappa shape index (κ2) is 10.3. The third-order valence-corrected chi connectivity index (χ3v) is 11.0. The first-order chi connectivity index (χ1) is 19.4. The Balaban J connectivity index is 1.53. The molecular weight excluding hydrogens is 612 g/mol. The van der Waals surface area contributed by atoms with Crippen LogP contribution in [0.25, 0.3) is 10.4 Å². The molecule has 2 aromatic heterocycles. The van der Waals surface area contributed by atoms with Crippen LogP contribution in [0.4, 0.5) is 32.2 Å². The lowest BCUT2D eigenvalue weighted by molar-refractivity contribution is -0.138. The lowest BCUT2D eigenvalue weighted by Gasteiger charge is -2.54. The molecule has 5 rings (SSSR count). The Morgan fingerprint density at radius 1 is 1.12 bits per heavy atom. The molecule has 3 fully saturated rings. The van der Waals surface area contributed by atoms with E-state index in [0.29, 0.717) is 36.8 Å². The maximum atomic E-state index is 14.3. The van der Waals surface area contributed by atoms with Crippen molar-refractivity contribution in [3.63, 3.8) is 0 Å². The fourth-order valence-electron chi connectivity index (χ4n) is 5.64. The molecule has 0 aliphatic carbocycles. The number of carbonyl (C=O) groups excluding carboxylic acids is 2. The van der Waals surface area contributed by atoms with Crippen LogP contribution in [0, 0.1) is 5.41 Å². The maximum absolute atomic E-state index is 14.3. The molecule has 1 spiro atoms. The predicted molar refractivity (Wildman–Crippen MR) is 141 cm³/mol. The number of nitrogens with one attached hydrogen (secondary N) is 1. The van der Waals surface area contributed by atoms with E-state index in [1.54, 1.807) is 6.92 Å². The highest BCUT2D eigenvalue weighted by Crippen LogP contribution is 2.45. The van der Waals surface area contributed by atoms with Crippen LogP contribution in [0.5, 0.6) is 0 Å². The van der Waals surface area contributed by atoms with Crippen LogP contribution in [0.3, 0.4) is 0 Å². The zero-order valence-corrected chi connectivity index (χ0v) is 24.1. The van der Waals surface area contributed by atoms with Gasteiger partial charge in [0.05, 0.1) is 21.9 Å². The van der Waals surface area contributed by atoms with Gasteiger partial charge in [-0.1, -0.05) is 0 Å². The minimum atomic E-state index is -5.05. The van der Waals surface area contributed by atoms with Crippen LogP contribution in [0.2, 0.25) is 0 Å². The number of likely N-dealkylation sites (tertiary alicyclic amines) is 2. The van der Waals surface area contributed by atoms with E-state index in [9.17, 15) is 44.3 Å². The van der Waals surface area contributed by atoms with Gasteiger partial charge in [0.2, 0.25) is 0 Å². The first-order valence-corrected chi connectivity index (χ1v) is 15.8. The molecule has 230 valence electrons. The van der Waals surface area contributed by atoms with Crippen LogP contribution in [-0.2, 0) is 16.0 Å². The molecule has 3 aliphatic heterocycles. The van der Waals surface area contributed by atoms with Crippen LogP contribution >= 0.6 is 11.3 Å². The monoisotopic (exact) mass is 639 g/mol. The average molecular weight is 640 g/mol. The lowest BCUT2D eigenvalue weighted by atomic mass is 9.83. The zero-order valence-electron chi connectivity index (χ0n) is 22.5. The van der Waals surface area contributed by atoms with Crippen molar-refractivity contribution < 1.29 is 44.3 Å². The zero-order chi connectivity index (χ0) is 30.8. The van der Waals surface area contributed by atoms with Gasteiger partial charge in [-0.25, -0.2) is 18.4 Å². The number of anilines is 1. The number of carbonyl (C=O) groups is 2. The van der Waals surface area contributed by atoms with E-state index in [0.717, 1.165) is 19.5 Å². The van der Waals surface area contributed by atoms with Crippen molar-refractivity contribution in [3.05, 3.63) is 28.5 Å². The van der Waals surface area contributed by atoms with Crippen molar-refractivity contribution in [2.75, 3.05) is 36.5 Å². The first-order valence-electron chi connectivity index (χ1n) is 13.1. The number of piperidine rings is 1. The number of pyridine rings is 1. The SMILES string of the molecule is CC(Nc1cc(C(F)(F)F)c(-c2sc(C(=O)N3CC4(C3)CS(=O)(=O)C4)nc2C(=O)N2CCCC[C@@H]2C)cn1)C(F)(F)F. The number of hydrogen-bond acceptors (Lipinski definition) is 8. The van der Waals surface area contributed by atoms with Crippen LogP contribution < -0.4 is 5.32 Å². The number of hydrogen-bond donors (Lipinski definition) is 1. The third kappa shape index (κ3) is 5.81. The molecule has 3 aliphatic rings. The van der Waals surface area contributed by atoms with Gasteiger partial charge in [0, 0.05) is 42.9 Å². The Morgan fingerprint density at radius 3 is 2.36 bits per heavy atom. The summed E-state index contributed by atoms with van der Waals surface area (Å²) in [6.45, 7) is 3.15. The number of sulfone groups is 1. The number of thiazole rings is 1. The summed E-state index contributed by atoms with van der Waals surface area (Å²) in [5.41, 5.74) is -2.86. The molecule has 1 N–H and O–H groups in total. The molecule has 3 saturated heterocycles. The summed E-state index contributed by atoms with van der Waals surface area (Å²) in [6.07, 6.45) is -6.86. The Kier molecular flexibility index (Phi) is 7.52. The molecule has 9 nitrogen and oxygen atoms in total. The second-order valence-electron chi connectivity index (χ2n) is 11.3. The van der Waals surface area contributed by atoms with Crippen LogP contribution in [0.1, 0.15) is 59.0 Å². The second-order valence-corrected chi connectivity index (χ2v) is 14.3. The molecule has 0 aromatic carbocycles. The van der Waals surface area contributed by atoms with Crippen molar-refractivity contribution >= 4 is 38.8 Å². The fourth-order valence-corrected chi connectivity index (χ4v) is 8.84. The molecule has 2 amide bonds. The summed E-state index contributed by atoms with van der Waals surface area (Å²) in [6, 6.07) is -1.98. The van der Waals surface area contributed by atoms with Gasteiger partial charge in [0.25, 0.3) is 11.8 Å². The van der Waals surface area contributed by atoms with E-state index < -0.39 is 62.4 Å². The molecule has 2 atom stereocenters. The van der Waals surface area contributed by atoms with E-state index in [-0.39, 0.29) is 46.2 Å². The summed E-state index contributed by atoms with van der Waals surface area (Å²) >= 11 is 0.563. The van der Waals surface area contributed by atoms with Gasteiger partial charge in [0.15, 0.2) is 14.8 Å². The summed E-state index contributed by atoms with van der Waals surface area (Å²) in [4.78, 5) is 37.4. The number of amides is 2. The van der Waals surface area contributed by atoms with Gasteiger partial charge in [0.1, 0.15) is 17.6 Å². The number of alkyl halides is 6. The summed E-state index contributed by atoms with van der Waals surface area (Å²) in [7, 11) is -3.15. The topological polar surface area (TPSA) is 113 Å². The number of aromatic nitrogens is 2. The highest BCUT2D eigenvalue weighted by molar-refractivity contribution is 7.92. The number of nitrogens with zero attached hydrogens (tertiary/aromatic N) is 4. The molecule has 1 unspecified atom stereocenters. The maximum Gasteiger partial charge on any atom is 0.417 e. The predicted octanol–water partition coefficient (Wildman–Crippen LogP) is 4.47. The van der Waals surface area contributed by atoms with E-state index in [2.05, 4.69) is 9.97 Å². The molecule has 42 heavy (non-hydrogen) atoms. The smallest absolute Gasteiger partial charge is 0.359 e. The molecule has 5 heterocycles. The van der Waals surface area contributed by atoms with Gasteiger partial charge in [-0.3, -0.25) is 9.59 Å². The van der Waals surface area contributed by atoms with Crippen molar-refractivity contribution in [3.8, 4) is 10.4 Å². The average Bonchev–Trinajstić information content (AvgIpc) is 3.29. The van der Waals surface area contributed by atoms with Crippen molar-refractivity contribution in [1.82, 2.24) is 19.8 Å². The Bertz CT molecular complexity index is 1500.